The van der Waals surface area contributed by atoms with E-state index >= 15 is 0 Å². The Morgan fingerprint density at radius 2 is 2.29 bits per heavy atom. The SMILES string of the molecule is CCCOc1cc(N2CCCC(C=O)C2)cc([N+](=O)[O-])c1. The number of nitro groups is 1. The molecule has 21 heavy (non-hydrogen) atoms. The standard InChI is InChI=1S/C15H20N2O4/c1-2-6-21-15-8-13(7-14(9-15)17(19)20)16-5-3-4-12(10-16)11-18/h7-9,11-12H,2-6,10H2,1H3. The van der Waals surface area contributed by atoms with Gasteiger partial charge in [0.15, 0.2) is 0 Å². The smallest absolute Gasteiger partial charge is 0.275 e. The molecule has 6 nitrogen and oxygen atoms in total. The molecule has 1 heterocycles. The quantitative estimate of drug-likeness (QED) is 0.458. The minimum atomic E-state index is -0.413. The van der Waals surface area contributed by atoms with Crippen molar-refractivity contribution in [3.8, 4) is 5.75 Å². The summed E-state index contributed by atoms with van der Waals surface area (Å²) in [5, 5.41) is 11.1. The zero-order valence-electron chi connectivity index (χ0n) is 12.2. The first-order valence-electron chi connectivity index (χ1n) is 7.26. The number of benzene rings is 1. The number of aldehydes is 1. The molecule has 0 amide bonds. The van der Waals surface area contributed by atoms with E-state index in [4.69, 9.17) is 4.74 Å². The van der Waals surface area contributed by atoms with Gasteiger partial charge in [-0.2, -0.15) is 0 Å². The van der Waals surface area contributed by atoms with Gasteiger partial charge in [-0.25, -0.2) is 0 Å². The van der Waals surface area contributed by atoms with Gasteiger partial charge in [0.2, 0.25) is 0 Å². The van der Waals surface area contributed by atoms with Crippen molar-refractivity contribution in [3.05, 3.63) is 28.3 Å². The molecule has 1 aromatic rings. The molecule has 0 spiro atoms. The Hall–Kier alpha value is -2.11. The number of nitro benzene ring substituents is 1. The van der Waals surface area contributed by atoms with E-state index in [0.29, 0.717) is 18.9 Å². The van der Waals surface area contributed by atoms with Gasteiger partial charge < -0.3 is 14.4 Å². The molecule has 0 bridgehead atoms. The molecular formula is C15H20N2O4. The van der Waals surface area contributed by atoms with Gasteiger partial charge in [0.05, 0.1) is 17.6 Å². The number of anilines is 1. The van der Waals surface area contributed by atoms with Crippen LogP contribution in [0.2, 0.25) is 0 Å². The highest BCUT2D eigenvalue weighted by Crippen LogP contribution is 2.31. The van der Waals surface area contributed by atoms with Crippen LogP contribution in [0.25, 0.3) is 0 Å². The summed E-state index contributed by atoms with van der Waals surface area (Å²) in [5.41, 5.74) is 0.772. The monoisotopic (exact) mass is 292 g/mol. The van der Waals surface area contributed by atoms with Gasteiger partial charge in [0.1, 0.15) is 12.0 Å². The lowest BCUT2D eigenvalue weighted by molar-refractivity contribution is -0.384. The van der Waals surface area contributed by atoms with E-state index in [-0.39, 0.29) is 11.6 Å². The highest BCUT2D eigenvalue weighted by Gasteiger charge is 2.22. The summed E-state index contributed by atoms with van der Waals surface area (Å²) >= 11 is 0. The van der Waals surface area contributed by atoms with Crippen LogP contribution in [0.1, 0.15) is 26.2 Å². The summed E-state index contributed by atoms with van der Waals surface area (Å²) in [6.45, 7) is 3.92. The maximum atomic E-state index is 11.1. The predicted molar refractivity (Wildman–Crippen MR) is 79.9 cm³/mol. The third-order valence-electron chi connectivity index (χ3n) is 3.58. The maximum Gasteiger partial charge on any atom is 0.275 e. The van der Waals surface area contributed by atoms with E-state index < -0.39 is 4.92 Å². The fourth-order valence-corrected chi connectivity index (χ4v) is 2.51. The van der Waals surface area contributed by atoms with Gasteiger partial charge >= 0.3 is 0 Å². The molecular weight excluding hydrogens is 272 g/mol. The summed E-state index contributed by atoms with van der Waals surface area (Å²) in [4.78, 5) is 23.6. The zero-order valence-corrected chi connectivity index (χ0v) is 12.2. The zero-order chi connectivity index (χ0) is 15.2. The van der Waals surface area contributed by atoms with Crippen LogP contribution in [0.5, 0.6) is 5.75 Å². The molecule has 1 aliphatic heterocycles. The number of non-ortho nitro benzene ring substituents is 1. The van der Waals surface area contributed by atoms with Gasteiger partial charge in [0, 0.05) is 36.8 Å². The third kappa shape index (κ3) is 3.93. The molecule has 2 rings (SSSR count). The summed E-state index contributed by atoms with van der Waals surface area (Å²) in [7, 11) is 0. The predicted octanol–water partition coefficient (Wildman–Crippen LogP) is 2.80. The largest absolute Gasteiger partial charge is 0.493 e. The van der Waals surface area contributed by atoms with Gasteiger partial charge in [-0.05, 0) is 19.3 Å². The Kier molecular flexibility index (Phi) is 5.14. The minimum Gasteiger partial charge on any atom is -0.493 e. The second-order valence-corrected chi connectivity index (χ2v) is 5.28. The Bertz CT molecular complexity index is 518. The summed E-state index contributed by atoms with van der Waals surface area (Å²) in [5.74, 6) is 0.507. The number of carbonyl (C=O) groups excluding carboxylic acids is 1. The number of nitrogens with zero attached hydrogens (tertiary/aromatic N) is 2. The lowest BCUT2D eigenvalue weighted by Gasteiger charge is -2.32. The maximum absolute atomic E-state index is 11.1. The van der Waals surface area contributed by atoms with Crippen LogP contribution in [0, 0.1) is 16.0 Å². The van der Waals surface area contributed by atoms with Crippen LogP contribution in [-0.4, -0.2) is 30.9 Å². The van der Waals surface area contributed by atoms with Crippen molar-refractivity contribution in [1.29, 1.82) is 0 Å². The summed E-state index contributed by atoms with van der Waals surface area (Å²) < 4.78 is 5.53. The van der Waals surface area contributed by atoms with Crippen molar-refractivity contribution in [1.82, 2.24) is 0 Å². The first-order chi connectivity index (χ1) is 10.1. The molecule has 1 fully saturated rings. The average molecular weight is 292 g/mol. The van der Waals surface area contributed by atoms with E-state index in [0.717, 1.165) is 37.8 Å². The molecule has 0 aromatic heterocycles. The van der Waals surface area contributed by atoms with Gasteiger partial charge in [-0.3, -0.25) is 10.1 Å². The Morgan fingerprint density at radius 1 is 1.48 bits per heavy atom. The van der Waals surface area contributed by atoms with Crippen LogP contribution >= 0.6 is 0 Å². The number of carbonyl (C=O) groups is 1. The average Bonchev–Trinajstić information content (AvgIpc) is 2.52. The lowest BCUT2D eigenvalue weighted by atomic mass is 9.99. The first kappa shape index (κ1) is 15.3. The Morgan fingerprint density at radius 3 is 2.95 bits per heavy atom. The van der Waals surface area contributed by atoms with Crippen LogP contribution in [-0.2, 0) is 4.79 Å². The normalized spacial score (nSPS) is 18.3. The molecule has 1 aliphatic rings. The van der Waals surface area contributed by atoms with E-state index in [1.54, 1.807) is 6.07 Å². The molecule has 1 unspecified atom stereocenters. The highest BCUT2D eigenvalue weighted by molar-refractivity contribution is 5.61. The minimum absolute atomic E-state index is 0.00183. The molecule has 1 aromatic carbocycles. The number of hydrogen-bond donors (Lipinski definition) is 0. The topological polar surface area (TPSA) is 72.7 Å². The lowest BCUT2D eigenvalue weighted by Crippen LogP contribution is -2.36. The molecule has 0 radical (unpaired) electrons. The molecule has 0 aliphatic carbocycles. The van der Waals surface area contributed by atoms with Crippen molar-refractivity contribution >= 4 is 17.7 Å². The van der Waals surface area contributed by atoms with Crippen LogP contribution in [0.3, 0.4) is 0 Å². The van der Waals surface area contributed by atoms with E-state index in [9.17, 15) is 14.9 Å². The molecule has 1 saturated heterocycles. The van der Waals surface area contributed by atoms with Crippen LogP contribution in [0.15, 0.2) is 18.2 Å². The first-order valence-corrected chi connectivity index (χ1v) is 7.26. The van der Waals surface area contributed by atoms with Gasteiger partial charge in [-0.1, -0.05) is 6.92 Å². The molecule has 114 valence electrons. The van der Waals surface area contributed by atoms with Crippen molar-refractivity contribution in [2.75, 3.05) is 24.6 Å². The Labute approximate surface area is 123 Å². The molecule has 1 atom stereocenters. The van der Waals surface area contributed by atoms with Crippen molar-refractivity contribution in [3.63, 3.8) is 0 Å². The van der Waals surface area contributed by atoms with Gasteiger partial charge in [0.25, 0.3) is 5.69 Å². The van der Waals surface area contributed by atoms with E-state index in [1.807, 2.05) is 17.9 Å². The Balaban J connectivity index is 2.26. The summed E-state index contributed by atoms with van der Waals surface area (Å²) in [6, 6.07) is 4.81. The van der Waals surface area contributed by atoms with Crippen LogP contribution < -0.4 is 9.64 Å². The molecule has 0 saturated carbocycles. The highest BCUT2D eigenvalue weighted by atomic mass is 16.6. The number of piperidine rings is 1. The number of rotatable bonds is 6. The van der Waals surface area contributed by atoms with Crippen molar-refractivity contribution in [2.24, 2.45) is 5.92 Å². The van der Waals surface area contributed by atoms with Crippen molar-refractivity contribution < 1.29 is 14.5 Å². The van der Waals surface area contributed by atoms with E-state index in [1.165, 1.54) is 6.07 Å². The van der Waals surface area contributed by atoms with E-state index in [2.05, 4.69) is 0 Å². The van der Waals surface area contributed by atoms with Crippen LogP contribution in [0.4, 0.5) is 11.4 Å². The van der Waals surface area contributed by atoms with Gasteiger partial charge in [-0.15, -0.1) is 0 Å². The second kappa shape index (κ2) is 7.06. The number of hydrogen-bond acceptors (Lipinski definition) is 5. The fraction of sp³-hybridized carbons (Fsp3) is 0.533. The summed E-state index contributed by atoms with van der Waals surface area (Å²) in [6.07, 6.45) is 3.61. The molecule has 6 heteroatoms. The fourth-order valence-electron chi connectivity index (χ4n) is 2.51. The number of ether oxygens (including phenoxy) is 1. The third-order valence-corrected chi connectivity index (χ3v) is 3.58. The van der Waals surface area contributed by atoms with Crippen molar-refractivity contribution in [2.45, 2.75) is 26.2 Å². The molecule has 0 N–H and O–H groups in total. The second-order valence-electron chi connectivity index (χ2n) is 5.28.